The number of hydrogen-bond donors (Lipinski definition) is 1. The fourth-order valence-corrected chi connectivity index (χ4v) is 2.90. The van der Waals surface area contributed by atoms with Gasteiger partial charge in [0.2, 0.25) is 0 Å². The summed E-state index contributed by atoms with van der Waals surface area (Å²) in [5.41, 5.74) is 0.618. The first-order valence-electron chi connectivity index (χ1n) is 6.05. The van der Waals surface area contributed by atoms with Crippen molar-refractivity contribution in [3.05, 3.63) is 35.2 Å². The summed E-state index contributed by atoms with van der Waals surface area (Å²) < 4.78 is 1.19. The van der Waals surface area contributed by atoms with Crippen LogP contribution in [-0.4, -0.2) is 17.0 Å². The zero-order chi connectivity index (χ0) is 13.3. The average Bonchev–Trinajstić information content (AvgIpc) is 2.70. The third-order valence-electron chi connectivity index (χ3n) is 3.05. The molecule has 3 heteroatoms. The number of thiophene rings is 1. The molecule has 0 spiro atoms. The zero-order valence-electron chi connectivity index (χ0n) is 10.9. The van der Waals surface area contributed by atoms with Crippen LogP contribution in [0.1, 0.15) is 26.3 Å². The van der Waals surface area contributed by atoms with Gasteiger partial charge in [0.15, 0.2) is 5.78 Å². The van der Waals surface area contributed by atoms with E-state index < -0.39 is 11.5 Å². The Morgan fingerprint density at radius 1 is 1.33 bits per heavy atom. The molecule has 0 radical (unpaired) electrons. The van der Waals surface area contributed by atoms with Gasteiger partial charge in [0.25, 0.3) is 0 Å². The smallest absolute Gasteiger partial charge is 0.166 e. The van der Waals surface area contributed by atoms with Crippen LogP contribution in [0.5, 0.6) is 0 Å². The molecule has 0 saturated carbocycles. The highest BCUT2D eigenvalue weighted by atomic mass is 32.1. The number of aliphatic hydroxyl groups is 1. The van der Waals surface area contributed by atoms with Crippen molar-refractivity contribution in [3.63, 3.8) is 0 Å². The Kier molecular flexibility index (Phi) is 3.55. The van der Waals surface area contributed by atoms with Gasteiger partial charge in [0, 0.05) is 11.1 Å². The normalized spacial score (nSPS) is 13.8. The van der Waals surface area contributed by atoms with Crippen molar-refractivity contribution in [1.82, 2.24) is 0 Å². The third-order valence-corrected chi connectivity index (χ3v) is 4.06. The van der Waals surface area contributed by atoms with E-state index in [1.807, 2.05) is 50.4 Å². The molecule has 96 valence electrons. The SMILES string of the molecule is CC(C)(C)C(O)C(=O)Cc1csc2ccccc12. The van der Waals surface area contributed by atoms with E-state index in [1.54, 1.807) is 11.3 Å². The van der Waals surface area contributed by atoms with Gasteiger partial charge in [0.05, 0.1) is 0 Å². The highest BCUT2D eigenvalue weighted by Crippen LogP contribution is 2.28. The minimum absolute atomic E-state index is 0.106. The van der Waals surface area contributed by atoms with E-state index in [0.29, 0.717) is 6.42 Å². The summed E-state index contributed by atoms with van der Waals surface area (Å²) in [5.74, 6) is -0.106. The second kappa shape index (κ2) is 4.82. The second-order valence-electron chi connectivity index (χ2n) is 5.67. The molecule has 1 N–H and O–H groups in total. The van der Waals surface area contributed by atoms with Gasteiger partial charge < -0.3 is 5.11 Å². The van der Waals surface area contributed by atoms with Crippen molar-refractivity contribution in [2.75, 3.05) is 0 Å². The second-order valence-corrected chi connectivity index (χ2v) is 6.58. The summed E-state index contributed by atoms with van der Waals surface area (Å²) in [6.07, 6.45) is -0.598. The Morgan fingerprint density at radius 3 is 2.67 bits per heavy atom. The largest absolute Gasteiger partial charge is 0.385 e. The molecule has 1 aromatic carbocycles. The van der Waals surface area contributed by atoms with Gasteiger partial charge in [-0.1, -0.05) is 39.0 Å². The van der Waals surface area contributed by atoms with Crippen LogP contribution in [0.15, 0.2) is 29.6 Å². The van der Waals surface area contributed by atoms with E-state index in [4.69, 9.17) is 0 Å². The summed E-state index contributed by atoms with van der Waals surface area (Å²) >= 11 is 1.64. The van der Waals surface area contributed by atoms with Crippen LogP contribution in [0.2, 0.25) is 0 Å². The first-order chi connectivity index (χ1) is 8.39. The molecule has 1 heterocycles. The van der Waals surface area contributed by atoms with Crippen LogP contribution in [0.4, 0.5) is 0 Å². The number of carbonyl (C=O) groups is 1. The van der Waals surface area contributed by atoms with Crippen molar-refractivity contribution in [1.29, 1.82) is 0 Å². The van der Waals surface area contributed by atoms with E-state index >= 15 is 0 Å². The number of rotatable bonds is 3. The molecule has 0 bridgehead atoms. The lowest BCUT2D eigenvalue weighted by Crippen LogP contribution is -2.35. The van der Waals surface area contributed by atoms with Gasteiger partial charge in [0.1, 0.15) is 6.10 Å². The van der Waals surface area contributed by atoms with Crippen molar-refractivity contribution in [2.45, 2.75) is 33.3 Å². The average molecular weight is 262 g/mol. The van der Waals surface area contributed by atoms with E-state index in [1.165, 1.54) is 4.70 Å². The molecule has 0 saturated heterocycles. The first kappa shape index (κ1) is 13.2. The molecular formula is C15H18O2S. The summed E-state index contributed by atoms with van der Waals surface area (Å²) in [6.45, 7) is 5.63. The lowest BCUT2D eigenvalue weighted by atomic mass is 9.85. The van der Waals surface area contributed by atoms with E-state index in [9.17, 15) is 9.90 Å². The summed E-state index contributed by atoms with van der Waals surface area (Å²) in [5, 5.41) is 13.1. The van der Waals surface area contributed by atoms with Gasteiger partial charge in [-0.05, 0) is 27.8 Å². The lowest BCUT2D eigenvalue weighted by Gasteiger charge is -2.24. The van der Waals surface area contributed by atoms with Crippen molar-refractivity contribution in [3.8, 4) is 0 Å². The van der Waals surface area contributed by atoms with Gasteiger partial charge in [-0.25, -0.2) is 0 Å². The maximum Gasteiger partial charge on any atom is 0.166 e. The molecule has 1 unspecified atom stereocenters. The van der Waals surface area contributed by atoms with Crippen LogP contribution < -0.4 is 0 Å². The van der Waals surface area contributed by atoms with Crippen LogP contribution >= 0.6 is 11.3 Å². The molecule has 0 aliphatic rings. The third kappa shape index (κ3) is 2.62. The topological polar surface area (TPSA) is 37.3 Å². The van der Waals surface area contributed by atoms with E-state index in [-0.39, 0.29) is 5.78 Å². The Bertz CT molecular complexity index is 563. The number of ketones is 1. The fourth-order valence-electron chi connectivity index (χ4n) is 1.94. The monoisotopic (exact) mass is 262 g/mol. The van der Waals surface area contributed by atoms with Gasteiger partial charge in [-0.3, -0.25) is 4.79 Å². The molecule has 0 fully saturated rings. The maximum absolute atomic E-state index is 12.1. The molecule has 2 aromatic rings. The minimum atomic E-state index is -0.906. The van der Waals surface area contributed by atoms with Crippen molar-refractivity contribution >= 4 is 27.2 Å². The standard InChI is InChI=1S/C15H18O2S/c1-15(2,3)14(17)12(16)8-10-9-18-13-7-5-4-6-11(10)13/h4-7,9,14,17H,8H2,1-3H3. The Labute approximate surface area is 111 Å². The van der Waals surface area contributed by atoms with Crippen molar-refractivity contribution in [2.24, 2.45) is 5.41 Å². The fraction of sp³-hybridized carbons (Fsp3) is 0.400. The number of Topliss-reactive ketones (excluding diaryl/α,β-unsaturated/α-hetero) is 1. The van der Waals surface area contributed by atoms with Crippen LogP contribution in [0.3, 0.4) is 0 Å². The predicted octanol–water partition coefficient (Wildman–Crippen LogP) is 3.42. The lowest BCUT2D eigenvalue weighted by molar-refractivity contribution is -0.131. The molecule has 1 atom stereocenters. The molecule has 2 nitrogen and oxygen atoms in total. The summed E-state index contributed by atoms with van der Waals surface area (Å²) in [6, 6.07) is 8.05. The molecule has 18 heavy (non-hydrogen) atoms. The number of hydrogen-bond acceptors (Lipinski definition) is 3. The van der Waals surface area contributed by atoms with E-state index in [0.717, 1.165) is 10.9 Å². The number of fused-ring (bicyclic) bond motifs is 1. The van der Waals surface area contributed by atoms with Gasteiger partial charge >= 0.3 is 0 Å². The molecule has 0 aliphatic carbocycles. The van der Waals surface area contributed by atoms with Crippen molar-refractivity contribution < 1.29 is 9.90 Å². The summed E-state index contributed by atoms with van der Waals surface area (Å²) in [4.78, 5) is 12.1. The minimum Gasteiger partial charge on any atom is -0.385 e. The van der Waals surface area contributed by atoms with E-state index in [2.05, 4.69) is 0 Å². The molecular weight excluding hydrogens is 244 g/mol. The predicted molar refractivity (Wildman–Crippen MR) is 76.0 cm³/mol. The first-order valence-corrected chi connectivity index (χ1v) is 6.93. The Balaban J connectivity index is 2.22. The maximum atomic E-state index is 12.1. The molecule has 2 rings (SSSR count). The quantitative estimate of drug-likeness (QED) is 0.920. The van der Waals surface area contributed by atoms with Crippen LogP contribution in [0.25, 0.3) is 10.1 Å². The van der Waals surface area contributed by atoms with Crippen LogP contribution in [-0.2, 0) is 11.2 Å². The number of benzene rings is 1. The Morgan fingerprint density at radius 2 is 2.00 bits per heavy atom. The molecule has 1 aromatic heterocycles. The zero-order valence-corrected chi connectivity index (χ0v) is 11.8. The molecule has 0 amide bonds. The Hall–Kier alpha value is -1.19. The van der Waals surface area contributed by atoms with Gasteiger partial charge in [-0.15, -0.1) is 11.3 Å². The van der Waals surface area contributed by atoms with Crippen LogP contribution in [0, 0.1) is 5.41 Å². The summed E-state index contributed by atoms with van der Waals surface area (Å²) in [7, 11) is 0. The highest BCUT2D eigenvalue weighted by Gasteiger charge is 2.29. The van der Waals surface area contributed by atoms with Gasteiger partial charge in [-0.2, -0.15) is 0 Å². The molecule has 0 aliphatic heterocycles. The highest BCUT2D eigenvalue weighted by molar-refractivity contribution is 7.17. The number of aliphatic hydroxyl groups excluding tert-OH is 1. The number of carbonyl (C=O) groups excluding carboxylic acids is 1.